The molecule has 0 spiro atoms. The van der Waals surface area contributed by atoms with Crippen molar-refractivity contribution in [2.24, 2.45) is 0 Å². The van der Waals surface area contributed by atoms with Gasteiger partial charge in [0.2, 0.25) is 5.79 Å². The van der Waals surface area contributed by atoms with Crippen LogP contribution in [0.1, 0.15) is 30.7 Å². The Hall–Kier alpha value is -1.17. The van der Waals surface area contributed by atoms with Gasteiger partial charge >= 0.3 is 0 Å². The average molecular weight is 277 g/mol. The molecular formula is C15H23N3O2. The van der Waals surface area contributed by atoms with E-state index in [0.717, 1.165) is 49.7 Å². The molecule has 2 aliphatic rings. The third-order valence-corrected chi connectivity index (χ3v) is 3.92. The number of aryl methyl sites for hydroxylation is 1. The largest absolute Gasteiger partial charge is 0.461 e. The van der Waals surface area contributed by atoms with Crippen LogP contribution in [0.4, 0.5) is 0 Å². The molecule has 1 N–H and O–H groups in total. The average Bonchev–Trinajstić information content (AvgIpc) is 2.43. The zero-order valence-electron chi connectivity index (χ0n) is 12.5. The first-order chi connectivity index (χ1) is 9.55. The third-order valence-electron chi connectivity index (χ3n) is 3.92. The van der Waals surface area contributed by atoms with Gasteiger partial charge in [0, 0.05) is 58.3 Å². The number of hydrogen-bond donors (Lipinski definition) is 1. The molecule has 0 saturated carbocycles. The Balaban J connectivity index is 1.85. The maximum atomic E-state index is 5.96. The Morgan fingerprint density at radius 2 is 2.10 bits per heavy atom. The Bertz CT molecular complexity index is 496. The summed E-state index contributed by atoms with van der Waals surface area (Å²) in [6.07, 6.45) is 1.97. The molecule has 5 heteroatoms. The second-order valence-corrected chi connectivity index (χ2v) is 5.99. The second kappa shape index (κ2) is 5.31. The SMILES string of the molecule is Cc1ncc(CN2CCNCC2)c2c1OC(C)(C)OC2. The number of fused-ring (bicyclic) bond motifs is 1. The van der Waals surface area contributed by atoms with Crippen molar-refractivity contribution in [3.05, 3.63) is 23.0 Å². The molecule has 0 bridgehead atoms. The van der Waals surface area contributed by atoms with Crippen molar-refractivity contribution >= 4 is 0 Å². The second-order valence-electron chi connectivity index (χ2n) is 5.99. The fraction of sp³-hybridized carbons (Fsp3) is 0.667. The monoisotopic (exact) mass is 277 g/mol. The molecule has 0 aliphatic carbocycles. The number of aromatic nitrogens is 1. The first-order valence-corrected chi connectivity index (χ1v) is 7.28. The van der Waals surface area contributed by atoms with Crippen molar-refractivity contribution in [3.63, 3.8) is 0 Å². The van der Waals surface area contributed by atoms with Gasteiger partial charge in [-0.25, -0.2) is 0 Å². The van der Waals surface area contributed by atoms with Crippen molar-refractivity contribution in [1.29, 1.82) is 0 Å². The van der Waals surface area contributed by atoms with E-state index in [9.17, 15) is 0 Å². The van der Waals surface area contributed by atoms with E-state index in [1.165, 1.54) is 5.56 Å². The van der Waals surface area contributed by atoms with Crippen LogP contribution in [0.3, 0.4) is 0 Å². The van der Waals surface area contributed by atoms with Crippen LogP contribution in [0.2, 0.25) is 0 Å². The van der Waals surface area contributed by atoms with Crippen molar-refractivity contribution in [2.75, 3.05) is 26.2 Å². The molecular weight excluding hydrogens is 254 g/mol. The Morgan fingerprint density at radius 3 is 2.85 bits per heavy atom. The molecule has 2 aliphatic heterocycles. The fourth-order valence-electron chi connectivity index (χ4n) is 2.74. The predicted molar refractivity (Wildman–Crippen MR) is 76.6 cm³/mol. The highest BCUT2D eigenvalue weighted by atomic mass is 16.7. The van der Waals surface area contributed by atoms with Gasteiger partial charge in [0.1, 0.15) is 5.75 Å². The molecule has 1 aromatic rings. The van der Waals surface area contributed by atoms with Crippen LogP contribution in [0.15, 0.2) is 6.20 Å². The summed E-state index contributed by atoms with van der Waals surface area (Å²) < 4.78 is 11.8. The molecule has 110 valence electrons. The van der Waals surface area contributed by atoms with Crippen LogP contribution in [0.25, 0.3) is 0 Å². The highest BCUT2D eigenvalue weighted by Crippen LogP contribution is 2.35. The molecule has 0 radical (unpaired) electrons. The summed E-state index contributed by atoms with van der Waals surface area (Å²) in [5.41, 5.74) is 3.33. The summed E-state index contributed by atoms with van der Waals surface area (Å²) in [6, 6.07) is 0. The number of rotatable bonds is 2. The van der Waals surface area contributed by atoms with Crippen LogP contribution in [-0.4, -0.2) is 41.9 Å². The van der Waals surface area contributed by atoms with Crippen molar-refractivity contribution in [1.82, 2.24) is 15.2 Å². The van der Waals surface area contributed by atoms with Gasteiger partial charge in [-0.1, -0.05) is 0 Å². The van der Waals surface area contributed by atoms with E-state index in [1.807, 2.05) is 27.0 Å². The van der Waals surface area contributed by atoms with E-state index < -0.39 is 5.79 Å². The molecule has 3 heterocycles. The minimum Gasteiger partial charge on any atom is -0.461 e. The van der Waals surface area contributed by atoms with E-state index in [4.69, 9.17) is 9.47 Å². The Kier molecular flexibility index (Phi) is 3.67. The van der Waals surface area contributed by atoms with Crippen molar-refractivity contribution < 1.29 is 9.47 Å². The van der Waals surface area contributed by atoms with E-state index in [2.05, 4.69) is 15.2 Å². The lowest BCUT2D eigenvalue weighted by molar-refractivity contribution is -0.180. The van der Waals surface area contributed by atoms with Crippen LogP contribution >= 0.6 is 0 Å². The number of pyridine rings is 1. The van der Waals surface area contributed by atoms with Crippen LogP contribution < -0.4 is 10.1 Å². The number of nitrogens with one attached hydrogen (secondary N) is 1. The summed E-state index contributed by atoms with van der Waals surface area (Å²) in [5, 5.41) is 3.38. The van der Waals surface area contributed by atoms with Gasteiger partial charge in [-0.15, -0.1) is 0 Å². The topological polar surface area (TPSA) is 46.6 Å². The maximum Gasteiger partial charge on any atom is 0.205 e. The Morgan fingerprint density at radius 1 is 1.35 bits per heavy atom. The van der Waals surface area contributed by atoms with Crippen molar-refractivity contribution in [3.8, 4) is 5.75 Å². The highest BCUT2D eigenvalue weighted by Gasteiger charge is 2.30. The summed E-state index contributed by atoms with van der Waals surface area (Å²) >= 11 is 0. The molecule has 0 unspecified atom stereocenters. The lowest BCUT2D eigenvalue weighted by atomic mass is 10.1. The number of nitrogens with zero attached hydrogens (tertiary/aromatic N) is 2. The van der Waals surface area contributed by atoms with Crippen LogP contribution in [0.5, 0.6) is 5.75 Å². The standard InChI is InChI=1S/C15H23N3O2/c1-11-14-13(10-19-15(2,3)20-14)12(8-17-11)9-18-6-4-16-5-7-18/h8,16H,4-7,9-10H2,1-3H3. The lowest BCUT2D eigenvalue weighted by Crippen LogP contribution is -2.43. The molecule has 1 aromatic heterocycles. The number of hydrogen-bond acceptors (Lipinski definition) is 5. The number of ether oxygens (including phenoxy) is 2. The maximum absolute atomic E-state index is 5.96. The molecule has 0 amide bonds. The minimum absolute atomic E-state index is 0.562. The lowest BCUT2D eigenvalue weighted by Gasteiger charge is -2.35. The summed E-state index contributed by atoms with van der Waals surface area (Å²) in [5.74, 6) is 0.349. The van der Waals surface area contributed by atoms with Crippen LogP contribution in [-0.2, 0) is 17.9 Å². The molecule has 1 fully saturated rings. The van der Waals surface area contributed by atoms with Crippen LogP contribution in [0, 0.1) is 6.92 Å². The van der Waals surface area contributed by atoms with Gasteiger partial charge in [-0.3, -0.25) is 9.88 Å². The highest BCUT2D eigenvalue weighted by molar-refractivity contribution is 5.42. The van der Waals surface area contributed by atoms with Gasteiger partial charge in [-0.2, -0.15) is 0 Å². The summed E-state index contributed by atoms with van der Waals surface area (Å²) in [6.45, 7) is 11.7. The van der Waals surface area contributed by atoms with Gasteiger partial charge in [-0.05, 0) is 12.5 Å². The third kappa shape index (κ3) is 2.80. The Labute approximate surface area is 120 Å². The number of piperazine rings is 1. The van der Waals surface area contributed by atoms with Gasteiger partial charge < -0.3 is 14.8 Å². The zero-order chi connectivity index (χ0) is 14.2. The first-order valence-electron chi connectivity index (χ1n) is 7.28. The van der Waals surface area contributed by atoms with Gasteiger partial charge in [0.15, 0.2) is 0 Å². The normalized spacial score (nSPS) is 22.1. The first kappa shape index (κ1) is 13.8. The van der Waals surface area contributed by atoms with E-state index >= 15 is 0 Å². The summed E-state index contributed by atoms with van der Waals surface area (Å²) in [7, 11) is 0. The quantitative estimate of drug-likeness (QED) is 0.886. The van der Waals surface area contributed by atoms with E-state index in [1.54, 1.807) is 0 Å². The smallest absolute Gasteiger partial charge is 0.205 e. The van der Waals surface area contributed by atoms with Gasteiger partial charge in [0.25, 0.3) is 0 Å². The summed E-state index contributed by atoms with van der Waals surface area (Å²) in [4.78, 5) is 6.95. The molecule has 5 nitrogen and oxygen atoms in total. The molecule has 0 atom stereocenters. The zero-order valence-corrected chi connectivity index (χ0v) is 12.5. The minimum atomic E-state index is -0.562. The molecule has 0 aromatic carbocycles. The fourth-order valence-corrected chi connectivity index (χ4v) is 2.74. The van der Waals surface area contributed by atoms with E-state index in [0.29, 0.717) is 6.61 Å². The molecule has 20 heavy (non-hydrogen) atoms. The van der Waals surface area contributed by atoms with Gasteiger partial charge in [0.05, 0.1) is 12.3 Å². The predicted octanol–water partition coefficient (Wildman–Crippen LogP) is 1.44. The molecule has 1 saturated heterocycles. The van der Waals surface area contributed by atoms with E-state index in [-0.39, 0.29) is 0 Å². The molecule has 3 rings (SSSR count). The van der Waals surface area contributed by atoms with Crippen molar-refractivity contribution in [2.45, 2.75) is 39.7 Å².